The molecule has 0 saturated heterocycles. The van der Waals surface area contributed by atoms with Gasteiger partial charge in [-0.25, -0.2) is 0 Å². The van der Waals surface area contributed by atoms with E-state index in [2.05, 4.69) is 21.6 Å². The Morgan fingerprint density at radius 1 is 1.42 bits per heavy atom. The minimum atomic E-state index is 0.142. The number of nitrogens with one attached hydrogen (secondary N) is 1. The van der Waals surface area contributed by atoms with Crippen molar-refractivity contribution in [2.45, 2.75) is 38.5 Å². The Balaban J connectivity index is 2.03. The summed E-state index contributed by atoms with van der Waals surface area (Å²) in [6.07, 6.45) is 11.0. The fourth-order valence-electron chi connectivity index (χ4n) is 2.21. The van der Waals surface area contributed by atoms with Crippen LogP contribution in [-0.2, 0) is 6.42 Å². The molecule has 0 spiro atoms. The maximum atomic E-state index is 6.27. The summed E-state index contributed by atoms with van der Waals surface area (Å²) in [6, 6.07) is 0. The maximum absolute atomic E-state index is 6.27. The molecule has 3 N–H and O–H groups in total. The minimum Gasteiger partial charge on any atom is -0.376 e. The number of nitrogens with zero attached hydrogens (tertiary/aromatic N) is 2. The molecule has 4 nitrogen and oxygen atoms in total. The fourth-order valence-corrected chi connectivity index (χ4v) is 2.53. The van der Waals surface area contributed by atoms with Crippen LogP contribution in [0.2, 0.25) is 5.02 Å². The first kappa shape index (κ1) is 14.2. The van der Waals surface area contributed by atoms with Crippen molar-refractivity contribution in [2.75, 3.05) is 5.32 Å². The van der Waals surface area contributed by atoms with Crippen molar-refractivity contribution >= 4 is 34.7 Å². The van der Waals surface area contributed by atoms with Gasteiger partial charge in [-0.2, -0.15) is 5.10 Å². The Labute approximate surface area is 123 Å². The van der Waals surface area contributed by atoms with Gasteiger partial charge in [-0.3, -0.25) is 0 Å². The smallest absolute Gasteiger partial charge is 0.173 e. The van der Waals surface area contributed by atoms with E-state index in [1.54, 1.807) is 6.20 Å². The Morgan fingerprint density at radius 2 is 2.26 bits per heavy atom. The largest absolute Gasteiger partial charge is 0.376 e. The average Bonchev–Trinajstić information content (AvgIpc) is 2.40. The molecule has 1 aromatic heterocycles. The van der Waals surface area contributed by atoms with E-state index in [0.29, 0.717) is 10.8 Å². The van der Waals surface area contributed by atoms with Gasteiger partial charge in [0.1, 0.15) is 0 Å². The Hall–Kier alpha value is -1.20. The fraction of sp³-hybridized carbons (Fsp3) is 0.462. The number of allylic oxidation sites excluding steroid dienone is 2. The zero-order valence-corrected chi connectivity index (χ0v) is 12.2. The molecule has 6 heteroatoms. The van der Waals surface area contributed by atoms with Crippen molar-refractivity contribution < 1.29 is 0 Å². The number of nitrogens with two attached hydrogens (primary N) is 1. The van der Waals surface area contributed by atoms with Gasteiger partial charge in [0, 0.05) is 0 Å². The van der Waals surface area contributed by atoms with Gasteiger partial charge in [-0.05, 0) is 56.3 Å². The van der Waals surface area contributed by atoms with Gasteiger partial charge >= 0.3 is 0 Å². The van der Waals surface area contributed by atoms with E-state index in [-0.39, 0.29) is 5.11 Å². The van der Waals surface area contributed by atoms with Crippen molar-refractivity contribution in [3.63, 3.8) is 0 Å². The molecule has 1 aliphatic carbocycles. The van der Waals surface area contributed by atoms with Crippen LogP contribution in [0.15, 0.2) is 17.8 Å². The maximum Gasteiger partial charge on any atom is 0.173 e. The summed E-state index contributed by atoms with van der Waals surface area (Å²) in [5.41, 5.74) is 7.91. The van der Waals surface area contributed by atoms with Crippen LogP contribution in [-0.4, -0.2) is 15.3 Å². The van der Waals surface area contributed by atoms with Gasteiger partial charge in [-0.1, -0.05) is 23.3 Å². The molecule has 0 atom stereocenters. The lowest BCUT2D eigenvalue weighted by molar-refractivity contribution is 0.673. The van der Waals surface area contributed by atoms with Crippen LogP contribution >= 0.6 is 23.8 Å². The average molecular weight is 297 g/mol. The van der Waals surface area contributed by atoms with Crippen LogP contribution in [0.5, 0.6) is 0 Å². The number of anilines is 1. The van der Waals surface area contributed by atoms with Crippen LogP contribution in [0.25, 0.3) is 0 Å². The second kappa shape index (κ2) is 6.82. The van der Waals surface area contributed by atoms with E-state index in [1.807, 2.05) is 0 Å². The molecular weight excluding hydrogens is 280 g/mol. The van der Waals surface area contributed by atoms with Crippen molar-refractivity contribution in [3.05, 3.63) is 28.4 Å². The van der Waals surface area contributed by atoms with Crippen molar-refractivity contribution in [3.8, 4) is 0 Å². The third kappa shape index (κ3) is 4.14. The molecular formula is C13H17ClN4S. The highest BCUT2D eigenvalue weighted by atomic mass is 35.5. The molecule has 0 fully saturated rings. The summed E-state index contributed by atoms with van der Waals surface area (Å²) < 4.78 is 0. The molecule has 19 heavy (non-hydrogen) atoms. The van der Waals surface area contributed by atoms with Gasteiger partial charge in [0.25, 0.3) is 0 Å². The molecule has 2 rings (SSSR count). The number of thiocarbonyl (C=S) groups is 1. The molecule has 1 heterocycles. The van der Waals surface area contributed by atoms with Gasteiger partial charge in [-0.15, -0.1) is 5.10 Å². The Kier molecular flexibility index (Phi) is 5.10. The predicted molar refractivity (Wildman–Crippen MR) is 82.3 cm³/mol. The third-order valence-corrected chi connectivity index (χ3v) is 3.73. The predicted octanol–water partition coefficient (Wildman–Crippen LogP) is 3.22. The number of aryl methyl sites for hydroxylation is 1. The lowest BCUT2D eigenvalue weighted by atomic mass is 9.95. The summed E-state index contributed by atoms with van der Waals surface area (Å²) in [5, 5.41) is 11.3. The highest BCUT2D eigenvalue weighted by Crippen LogP contribution is 2.26. The van der Waals surface area contributed by atoms with E-state index in [0.717, 1.165) is 18.4 Å². The topological polar surface area (TPSA) is 63.8 Å². The molecule has 0 aliphatic heterocycles. The second-order valence-corrected chi connectivity index (χ2v) is 5.45. The summed E-state index contributed by atoms with van der Waals surface area (Å²) in [5.74, 6) is 0.435. The first-order valence-electron chi connectivity index (χ1n) is 6.41. The molecule has 0 saturated carbocycles. The summed E-state index contributed by atoms with van der Waals surface area (Å²) >= 11 is 11.0. The zero-order valence-electron chi connectivity index (χ0n) is 10.7. The quantitative estimate of drug-likeness (QED) is 0.660. The van der Waals surface area contributed by atoms with Crippen LogP contribution < -0.4 is 11.1 Å². The van der Waals surface area contributed by atoms with Crippen molar-refractivity contribution in [2.24, 2.45) is 5.73 Å². The SMILES string of the molecule is NC(=S)Nc1nncc(CCC2=CCCCC2)c1Cl. The Morgan fingerprint density at radius 3 is 2.95 bits per heavy atom. The molecule has 0 radical (unpaired) electrons. The van der Waals surface area contributed by atoms with Crippen molar-refractivity contribution in [1.82, 2.24) is 10.2 Å². The van der Waals surface area contributed by atoms with Gasteiger partial charge in [0.05, 0.1) is 11.2 Å². The first-order valence-corrected chi connectivity index (χ1v) is 7.20. The molecule has 1 aromatic rings. The number of hydrogen-bond acceptors (Lipinski definition) is 3. The summed E-state index contributed by atoms with van der Waals surface area (Å²) in [7, 11) is 0. The van der Waals surface area contributed by atoms with Crippen LogP contribution in [0.4, 0.5) is 5.82 Å². The number of rotatable bonds is 4. The standard InChI is InChI=1S/C13H17ClN4S/c14-11-10(7-6-9-4-2-1-3-5-9)8-16-18-12(11)17-13(15)19/h4,8H,1-3,5-7H2,(H3,15,17,18,19). The van der Waals surface area contributed by atoms with E-state index < -0.39 is 0 Å². The van der Waals surface area contributed by atoms with Crippen LogP contribution in [0.1, 0.15) is 37.7 Å². The van der Waals surface area contributed by atoms with Gasteiger partial charge < -0.3 is 11.1 Å². The van der Waals surface area contributed by atoms with Crippen LogP contribution in [0, 0.1) is 0 Å². The van der Waals surface area contributed by atoms with E-state index >= 15 is 0 Å². The molecule has 102 valence electrons. The van der Waals surface area contributed by atoms with E-state index in [1.165, 1.54) is 31.3 Å². The molecule has 0 aromatic carbocycles. The first-order chi connectivity index (χ1) is 9.16. The number of halogens is 1. The van der Waals surface area contributed by atoms with E-state index in [4.69, 9.17) is 29.6 Å². The number of aromatic nitrogens is 2. The monoisotopic (exact) mass is 296 g/mol. The molecule has 0 amide bonds. The van der Waals surface area contributed by atoms with E-state index in [9.17, 15) is 0 Å². The second-order valence-electron chi connectivity index (χ2n) is 4.63. The Bertz CT molecular complexity index is 501. The van der Waals surface area contributed by atoms with Gasteiger partial charge in [0.2, 0.25) is 0 Å². The highest BCUT2D eigenvalue weighted by molar-refractivity contribution is 7.80. The lowest BCUT2D eigenvalue weighted by Crippen LogP contribution is -2.20. The highest BCUT2D eigenvalue weighted by Gasteiger charge is 2.11. The molecule has 0 bridgehead atoms. The van der Waals surface area contributed by atoms with Gasteiger partial charge in [0.15, 0.2) is 10.9 Å². The number of hydrogen-bond donors (Lipinski definition) is 2. The van der Waals surface area contributed by atoms with Crippen LogP contribution in [0.3, 0.4) is 0 Å². The molecule has 0 unspecified atom stereocenters. The third-order valence-electron chi connectivity index (χ3n) is 3.20. The summed E-state index contributed by atoms with van der Waals surface area (Å²) in [6.45, 7) is 0. The lowest BCUT2D eigenvalue weighted by Gasteiger charge is -2.13. The van der Waals surface area contributed by atoms with Crippen molar-refractivity contribution in [1.29, 1.82) is 0 Å². The zero-order chi connectivity index (χ0) is 13.7. The molecule has 1 aliphatic rings. The summed E-state index contributed by atoms with van der Waals surface area (Å²) in [4.78, 5) is 0. The minimum absolute atomic E-state index is 0.142. The normalized spacial score (nSPS) is 14.9.